The average molecular weight is 655 g/mol. The number of nitrogens with zero attached hydrogens (tertiary/aromatic N) is 2. The van der Waals surface area contributed by atoms with Crippen LogP contribution in [-0.4, -0.2) is 84.4 Å². The van der Waals surface area contributed by atoms with E-state index in [1.165, 1.54) is 51.4 Å². The van der Waals surface area contributed by atoms with Gasteiger partial charge in [-0.1, -0.05) is 57.4 Å². The summed E-state index contributed by atoms with van der Waals surface area (Å²) in [4.78, 5) is 59.2. The molecular weight excluding hydrogens is 600 g/mol. The van der Waals surface area contributed by atoms with Crippen LogP contribution in [-0.2, 0) is 20.9 Å². The van der Waals surface area contributed by atoms with Gasteiger partial charge in [0, 0.05) is 49.7 Å². The number of carbonyl (C=O) groups excluding carboxylic acids is 4. The van der Waals surface area contributed by atoms with Crippen molar-refractivity contribution < 1.29 is 19.2 Å². The van der Waals surface area contributed by atoms with E-state index in [4.69, 9.17) is 0 Å². The van der Waals surface area contributed by atoms with Crippen LogP contribution in [0.1, 0.15) is 101 Å². The Morgan fingerprint density at radius 3 is 2.46 bits per heavy atom. The molecule has 1 spiro atoms. The van der Waals surface area contributed by atoms with Gasteiger partial charge in [-0.2, -0.15) is 0 Å². The molecule has 2 saturated carbocycles. The van der Waals surface area contributed by atoms with Gasteiger partial charge in [0.15, 0.2) is 0 Å². The van der Waals surface area contributed by atoms with Gasteiger partial charge >= 0.3 is 6.03 Å². The van der Waals surface area contributed by atoms with E-state index in [2.05, 4.69) is 21.3 Å². The third-order valence-corrected chi connectivity index (χ3v) is 12.3. The highest BCUT2D eigenvalue weighted by atomic mass is 32.1. The van der Waals surface area contributed by atoms with Crippen molar-refractivity contribution in [3.8, 4) is 0 Å². The molecule has 0 aromatic carbocycles. The van der Waals surface area contributed by atoms with Gasteiger partial charge in [0.1, 0.15) is 0 Å². The maximum atomic E-state index is 14.3. The van der Waals surface area contributed by atoms with E-state index in [0.29, 0.717) is 57.6 Å². The quantitative estimate of drug-likeness (QED) is 0.319. The minimum Gasteiger partial charge on any atom is -0.356 e. The van der Waals surface area contributed by atoms with E-state index in [1.807, 2.05) is 22.4 Å². The second-order valence-electron chi connectivity index (χ2n) is 14.6. The zero-order chi connectivity index (χ0) is 31.9. The molecule has 0 bridgehead atoms. The van der Waals surface area contributed by atoms with E-state index >= 15 is 0 Å². The highest BCUT2D eigenvalue weighted by molar-refractivity contribution is 7.09. The third kappa shape index (κ3) is 8.06. The standard InChI is InChI=1S/C35H54N6O4S/c42-31(37-22-27-13-7-20-46-27)28-23-40(32(43)30(21-25-9-3-1-4-10-25)38-26-11-5-2-6-12-26)19-14-29(28)39-34(45)41-18-8-15-35(24-41)16-17-36-33(35)44/h7,13,20,25-26,28-30,38H,1-6,8-12,14-19,21-24H2,(H,36,44)(H,37,42)(H,39,45)/t28-,29+,30?,35?/m0/s1. The van der Waals surface area contributed by atoms with Crippen molar-refractivity contribution in [3.05, 3.63) is 22.4 Å². The van der Waals surface area contributed by atoms with Crippen molar-refractivity contribution >= 4 is 35.1 Å². The summed E-state index contributed by atoms with van der Waals surface area (Å²) in [5, 5.41) is 15.0. The summed E-state index contributed by atoms with van der Waals surface area (Å²) in [5.41, 5.74) is -0.498. The highest BCUT2D eigenvalue weighted by Crippen LogP contribution is 2.37. The molecule has 2 aliphatic carbocycles. The summed E-state index contributed by atoms with van der Waals surface area (Å²) < 4.78 is 0. The van der Waals surface area contributed by atoms with E-state index < -0.39 is 17.4 Å². The number of hydrogen-bond acceptors (Lipinski definition) is 6. The van der Waals surface area contributed by atoms with Crippen LogP contribution in [0, 0.1) is 17.3 Å². The van der Waals surface area contributed by atoms with Gasteiger partial charge in [-0.15, -0.1) is 11.3 Å². The van der Waals surface area contributed by atoms with Gasteiger partial charge in [0.05, 0.1) is 23.9 Å². The Balaban J connectivity index is 1.14. The maximum Gasteiger partial charge on any atom is 0.317 e. The molecule has 254 valence electrons. The Labute approximate surface area is 278 Å². The second kappa shape index (κ2) is 15.5. The minimum absolute atomic E-state index is 0.0484. The molecule has 5 amide bonds. The molecule has 1 aromatic heterocycles. The van der Waals surface area contributed by atoms with Gasteiger partial charge in [-0.3, -0.25) is 14.4 Å². The number of urea groups is 1. The van der Waals surface area contributed by atoms with E-state index in [9.17, 15) is 19.2 Å². The smallest absolute Gasteiger partial charge is 0.317 e. The number of piperidine rings is 2. The molecule has 46 heavy (non-hydrogen) atoms. The highest BCUT2D eigenvalue weighted by Gasteiger charge is 2.47. The first kappa shape index (κ1) is 33.2. The number of rotatable bonds is 9. The van der Waals surface area contributed by atoms with Crippen molar-refractivity contribution in [3.63, 3.8) is 0 Å². The molecule has 4 heterocycles. The second-order valence-corrected chi connectivity index (χ2v) is 15.7. The van der Waals surface area contributed by atoms with Crippen LogP contribution < -0.4 is 21.3 Å². The Hall–Kier alpha value is -2.66. The van der Waals surface area contributed by atoms with E-state index in [0.717, 1.165) is 43.4 Å². The molecule has 10 nitrogen and oxygen atoms in total. The first-order chi connectivity index (χ1) is 22.4. The molecule has 4 atom stereocenters. The largest absolute Gasteiger partial charge is 0.356 e. The topological polar surface area (TPSA) is 123 Å². The lowest BCUT2D eigenvalue weighted by atomic mass is 9.78. The van der Waals surface area contributed by atoms with Gasteiger partial charge < -0.3 is 31.1 Å². The van der Waals surface area contributed by atoms with Crippen LogP contribution >= 0.6 is 11.3 Å². The molecule has 3 saturated heterocycles. The van der Waals surface area contributed by atoms with Crippen molar-refractivity contribution in [1.82, 2.24) is 31.1 Å². The fourth-order valence-corrected chi connectivity index (χ4v) is 9.38. The van der Waals surface area contributed by atoms with Crippen LogP contribution in [0.5, 0.6) is 0 Å². The molecule has 4 N–H and O–H groups in total. The normalized spacial score (nSPS) is 28.6. The Morgan fingerprint density at radius 2 is 1.74 bits per heavy atom. The van der Waals surface area contributed by atoms with Crippen molar-refractivity contribution in [2.75, 3.05) is 32.7 Å². The molecule has 6 rings (SSSR count). The van der Waals surface area contributed by atoms with Gasteiger partial charge in [-0.05, 0) is 62.3 Å². The van der Waals surface area contributed by atoms with Crippen LogP contribution in [0.2, 0.25) is 0 Å². The predicted molar refractivity (Wildman–Crippen MR) is 179 cm³/mol. The molecule has 2 unspecified atom stereocenters. The lowest BCUT2D eigenvalue weighted by Gasteiger charge is -2.42. The SMILES string of the molecule is O=C(NCc1cccs1)[C@H]1CN(C(=O)C(CC2CCCCC2)NC2CCCCC2)CC[C@H]1NC(=O)N1CCCC2(CCNC2=O)C1. The average Bonchev–Trinajstić information content (AvgIpc) is 3.73. The van der Waals surface area contributed by atoms with Crippen molar-refractivity contribution in [2.45, 2.75) is 121 Å². The number of amides is 5. The molecule has 3 aliphatic heterocycles. The van der Waals surface area contributed by atoms with Crippen LogP contribution in [0.4, 0.5) is 4.79 Å². The lowest BCUT2D eigenvalue weighted by Crippen LogP contribution is -2.61. The molecule has 5 fully saturated rings. The predicted octanol–water partition coefficient (Wildman–Crippen LogP) is 4.15. The number of hydrogen-bond donors (Lipinski definition) is 4. The molecular formula is C35H54N6O4S. The lowest BCUT2D eigenvalue weighted by molar-refractivity contribution is -0.139. The number of nitrogens with one attached hydrogen (secondary N) is 4. The van der Waals surface area contributed by atoms with Gasteiger partial charge in [0.2, 0.25) is 17.7 Å². The van der Waals surface area contributed by atoms with Crippen LogP contribution in [0.25, 0.3) is 0 Å². The molecule has 11 heteroatoms. The number of thiophene rings is 1. The van der Waals surface area contributed by atoms with Crippen molar-refractivity contribution in [1.29, 1.82) is 0 Å². The summed E-state index contributed by atoms with van der Waals surface area (Å²) in [6.45, 7) is 2.90. The van der Waals surface area contributed by atoms with Gasteiger partial charge in [0.25, 0.3) is 0 Å². The minimum atomic E-state index is -0.555. The van der Waals surface area contributed by atoms with E-state index in [1.54, 1.807) is 16.2 Å². The Bertz CT molecular complexity index is 1180. The summed E-state index contributed by atoms with van der Waals surface area (Å²) in [6, 6.07) is 3.51. The summed E-state index contributed by atoms with van der Waals surface area (Å²) in [5.74, 6) is 0.0375. The summed E-state index contributed by atoms with van der Waals surface area (Å²) in [7, 11) is 0. The fourth-order valence-electron chi connectivity index (χ4n) is 8.74. The Morgan fingerprint density at radius 1 is 0.957 bits per heavy atom. The van der Waals surface area contributed by atoms with E-state index in [-0.39, 0.29) is 29.8 Å². The molecule has 1 aromatic rings. The number of carbonyl (C=O) groups is 4. The monoisotopic (exact) mass is 654 g/mol. The molecule has 5 aliphatic rings. The van der Waals surface area contributed by atoms with Crippen molar-refractivity contribution in [2.24, 2.45) is 17.3 Å². The summed E-state index contributed by atoms with van der Waals surface area (Å²) in [6.07, 6.45) is 15.8. The summed E-state index contributed by atoms with van der Waals surface area (Å²) >= 11 is 1.60. The maximum absolute atomic E-state index is 14.3. The zero-order valence-electron chi connectivity index (χ0n) is 27.4. The zero-order valence-corrected chi connectivity index (χ0v) is 28.2. The molecule has 0 radical (unpaired) electrons. The van der Waals surface area contributed by atoms with Crippen LogP contribution in [0.15, 0.2) is 17.5 Å². The Kier molecular flexibility index (Phi) is 11.2. The third-order valence-electron chi connectivity index (χ3n) is 11.5. The first-order valence-corrected chi connectivity index (χ1v) is 19.0. The van der Waals surface area contributed by atoms with Crippen LogP contribution in [0.3, 0.4) is 0 Å². The first-order valence-electron chi connectivity index (χ1n) is 18.1. The fraction of sp³-hybridized carbons (Fsp3) is 0.771. The number of likely N-dealkylation sites (tertiary alicyclic amines) is 2. The van der Waals surface area contributed by atoms with Gasteiger partial charge in [-0.25, -0.2) is 4.79 Å².